The van der Waals surface area contributed by atoms with Crippen molar-refractivity contribution in [3.05, 3.63) is 83.0 Å². The Labute approximate surface area is 199 Å². The van der Waals surface area contributed by atoms with Crippen LogP contribution in [0.4, 0.5) is 4.39 Å². The zero-order valence-corrected chi connectivity index (χ0v) is 19.9. The van der Waals surface area contributed by atoms with Gasteiger partial charge in [-0.3, -0.25) is 9.59 Å². The zero-order chi connectivity index (χ0) is 23.3. The molecule has 4 rings (SSSR count). The summed E-state index contributed by atoms with van der Waals surface area (Å²) in [4.78, 5) is 29.2. The van der Waals surface area contributed by atoms with E-state index in [0.29, 0.717) is 24.2 Å². The minimum atomic E-state index is -0.430. The van der Waals surface area contributed by atoms with Crippen molar-refractivity contribution in [2.75, 3.05) is 19.6 Å². The molecular weight excluding hydrogens is 433 g/mol. The topological polar surface area (TPSA) is 37.4 Å². The molecule has 0 spiro atoms. The van der Waals surface area contributed by atoms with E-state index in [9.17, 15) is 14.0 Å². The number of carbonyl (C=O) groups excluding carboxylic acids is 2. The maximum Gasteiger partial charge on any atom is 0.162 e. The van der Waals surface area contributed by atoms with Gasteiger partial charge >= 0.3 is 0 Å². The number of hydrogen-bond donors (Lipinski definition) is 0. The van der Waals surface area contributed by atoms with Crippen molar-refractivity contribution in [2.24, 2.45) is 0 Å². The van der Waals surface area contributed by atoms with Crippen molar-refractivity contribution in [2.45, 2.75) is 44.4 Å². The first-order chi connectivity index (χ1) is 16.0. The van der Waals surface area contributed by atoms with Gasteiger partial charge in [-0.15, -0.1) is 11.3 Å². The molecule has 0 bridgehead atoms. The molecule has 1 fully saturated rings. The lowest BCUT2D eigenvalue weighted by molar-refractivity contribution is -0.126. The lowest BCUT2D eigenvalue weighted by Crippen LogP contribution is -2.47. The molecule has 2 aromatic carbocycles. The van der Waals surface area contributed by atoms with Crippen LogP contribution in [0.3, 0.4) is 0 Å². The monoisotopic (exact) mass is 463 g/mol. The van der Waals surface area contributed by atoms with Gasteiger partial charge in [-0.1, -0.05) is 37.3 Å². The van der Waals surface area contributed by atoms with Gasteiger partial charge in [0.25, 0.3) is 0 Å². The van der Waals surface area contributed by atoms with Crippen LogP contribution in [0, 0.1) is 5.82 Å². The van der Waals surface area contributed by atoms with Crippen LogP contribution in [-0.4, -0.2) is 36.1 Å². The fourth-order valence-electron chi connectivity index (χ4n) is 4.94. The number of benzene rings is 2. The average molecular weight is 464 g/mol. The molecule has 0 aliphatic carbocycles. The van der Waals surface area contributed by atoms with Crippen LogP contribution in [0.2, 0.25) is 0 Å². The van der Waals surface area contributed by atoms with Crippen LogP contribution in [0.15, 0.2) is 66.0 Å². The Hall–Kier alpha value is -2.63. The van der Waals surface area contributed by atoms with Gasteiger partial charge in [0.15, 0.2) is 5.78 Å². The molecular formula is C28H30FNO2S. The quantitative estimate of drug-likeness (QED) is 0.339. The van der Waals surface area contributed by atoms with Crippen molar-refractivity contribution < 1.29 is 14.0 Å². The van der Waals surface area contributed by atoms with E-state index < -0.39 is 5.41 Å². The molecule has 1 saturated heterocycles. The highest BCUT2D eigenvalue weighted by atomic mass is 32.1. The maximum atomic E-state index is 13.3. The van der Waals surface area contributed by atoms with Gasteiger partial charge in [-0.2, -0.15) is 0 Å². The molecule has 2 heterocycles. The molecule has 0 radical (unpaired) electrons. The van der Waals surface area contributed by atoms with Crippen LogP contribution >= 0.6 is 11.3 Å². The van der Waals surface area contributed by atoms with Crippen molar-refractivity contribution >= 4 is 22.9 Å². The number of piperidine rings is 1. The molecule has 1 aliphatic rings. The number of thiophene rings is 1. The Balaban J connectivity index is 1.40. The predicted molar refractivity (Wildman–Crippen MR) is 132 cm³/mol. The summed E-state index contributed by atoms with van der Waals surface area (Å²) in [5.41, 5.74) is 2.48. The number of carbonyl (C=O) groups is 2. The van der Waals surface area contributed by atoms with Gasteiger partial charge in [0.05, 0.1) is 5.41 Å². The first-order valence-electron chi connectivity index (χ1n) is 11.7. The first-order valence-corrected chi connectivity index (χ1v) is 12.6. The number of rotatable bonds is 9. The Kier molecular flexibility index (Phi) is 7.51. The van der Waals surface area contributed by atoms with E-state index >= 15 is 0 Å². The highest BCUT2D eigenvalue weighted by molar-refractivity contribution is 7.13. The molecule has 0 amide bonds. The largest absolute Gasteiger partial charge is 0.303 e. The van der Waals surface area contributed by atoms with Gasteiger partial charge < -0.3 is 4.90 Å². The summed E-state index contributed by atoms with van der Waals surface area (Å²) >= 11 is 1.71. The smallest absolute Gasteiger partial charge is 0.162 e. The number of halogens is 1. The highest BCUT2D eigenvalue weighted by Crippen LogP contribution is 2.44. The van der Waals surface area contributed by atoms with Crippen LogP contribution in [0.5, 0.6) is 0 Å². The van der Waals surface area contributed by atoms with Gasteiger partial charge in [0.2, 0.25) is 0 Å². The fraction of sp³-hybridized carbons (Fsp3) is 0.357. The maximum absolute atomic E-state index is 13.3. The van der Waals surface area contributed by atoms with Crippen LogP contribution in [0.1, 0.15) is 54.9 Å². The van der Waals surface area contributed by atoms with Gasteiger partial charge in [0.1, 0.15) is 11.6 Å². The third-order valence-electron chi connectivity index (χ3n) is 6.83. The van der Waals surface area contributed by atoms with Gasteiger partial charge in [-0.05, 0) is 85.7 Å². The summed E-state index contributed by atoms with van der Waals surface area (Å²) in [6, 6.07) is 18.3. The average Bonchev–Trinajstić information content (AvgIpc) is 3.35. The summed E-state index contributed by atoms with van der Waals surface area (Å²) in [7, 11) is 0. The van der Waals surface area contributed by atoms with E-state index in [1.807, 2.05) is 25.1 Å². The fourth-order valence-corrected chi connectivity index (χ4v) is 5.94. The van der Waals surface area contributed by atoms with E-state index in [-0.39, 0.29) is 11.6 Å². The molecule has 0 atom stereocenters. The van der Waals surface area contributed by atoms with Crippen molar-refractivity contribution in [1.29, 1.82) is 0 Å². The number of hydrogen-bond acceptors (Lipinski definition) is 4. The summed E-state index contributed by atoms with van der Waals surface area (Å²) in [5.74, 6) is 0.0449. The van der Waals surface area contributed by atoms with Crippen LogP contribution in [0.25, 0.3) is 10.4 Å². The number of Topliss-reactive ketones (excluding diaryl/α,β-unsaturated/α-hetero) is 2. The van der Waals surface area contributed by atoms with E-state index in [0.717, 1.165) is 38.9 Å². The number of nitrogens with zero attached hydrogens (tertiary/aromatic N) is 1. The molecule has 0 saturated carbocycles. The normalized spacial score (nSPS) is 15.9. The number of ketones is 2. The molecule has 0 unspecified atom stereocenters. The van der Waals surface area contributed by atoms with E-state index in [4.69, 9.17) is 0 Å². The summed E-state index contributed by atoms with van der Waals surface area (Å²) in [6.07, 6.45) is 3.36. The van der Waals surface area contributed by atoms with E-state index in [2.05, 4.69) is 28.5 Å². The van der Waals surface area contributed by atoms with Crippen molar-refractivity contribution in [3.8, 4) is 10.4 Å². The molecule has 1 aliphatic heterocycles. The lowest BCUT2D eigenvalue weighted by Gasteiger charge is -2.41. The molecule has 1 aromatic heterocycles. The molecule has 172 valence electrons. The predicted octanol–water partition coefficient (Wildman–Crippen LogP) is 6.53. The van der Waals surface area contributed by atoms with Gasteiger partial charge in [0, 0.05) is 23.3 Å². The molecule has 33 heavy (non-hydrogen) atoms. The second-order valence-electron chi connectivity index (χ2n) is 8.76. The highest BCUT2D eigenvalue weighted by Gasteiger charge is 2.43. The summed E-state index contributed by atoms with van der Waals surface area (Å²) in [5, 5.41) is 2.11. The molecule has 0 N–H and O–H groups in total. The first kappa shape index (κ1) is 23.5. The lowest BCUT2D eigenvalue weighted by atomic mass is 9.68. The third kappa shape index (κ3) is 5.15. The molecule has 5 heteroatoms. The standard InChI is InChI=1S/C28H30FNO2S/c1-2-26(32)28(24-14-20-33-27(24)22-7-4-3-5-8-22)15-18-30(19-16-28)17-6-9-25(31)21-10-12-23(29)13-11-21/h3-5,7-8,10-14,20H,2,6,9,15-19H2,1H3. The second kappa shape index (κ2) is 10.5. The second-order valence-corrected chi connectivity index (χ2v) is 9.68. The molecule has 3 nitrogen and oxygen atoms in total. The third-order valence-corrected chi connectivity index (χ3v) is 7.79. The Morgan fingerprint density at radius 3 is 2.36 bits per heavy atom. The zero-order valence-electron chi connectivity index (χ0n) is 19.1. The summed E-state index contributed by atoms with van der Waals surface area (Å²) < 4.78 is 13.1. The van der Waals surface area contributed by atoms with Crippen LogP contribution in [-0.2, 0) is 10.2 Å². The molecule has 3 aromatic rings. The Morgan fingerprint density at radius 1 is 1.00 bits per heavy atom. The number of likely N-dealkylation sites (tertiary alicyclic amines) is 1. The van der Waals surface area contributed by atoms with E-state index in [1.54, 1.807) is 23.5 Å². The van der Waals surface area contributed by atoms with E-state index in [1.165, 1.54) is 28.1 Å². The summed E-state index contributed by atoms with van der Waals surface area (Å²) in [6.45, 7) is 4.49. The minimum absolute atomic E-state index is 0.0493. The Bertz CT molecular complexity index is 1080. The van der Waals surface area contributed by atoms with Gasteiger partial charge in [-0.25, -0.2) is 4.39 Å². The SMILES string of the molecule is CCC(=O)C1(c2ccsc2-c2ccccc2)CCN(CCCC(=O)c2ccc(F)cc2)CC1. The van der Waals surface area contributed by atoms with Crippen molar-refractivity contribution in [1.82, 2.24) is 4.90 Å². The Morgan fingerprint density at radius 2 is 1.70 bits per heavy atom. The van der Waals surface area contributed by atoms with Crippen LogP contribution < -0.4 is 0 Å². The van der Waals surface area contributed by atoms with Crippen molar-refractivity contribution in [3.63, 3.8) is 0 Å². The minimum Gasteiger partial charge on any atom is -0.303 e.